The third-order valence-corrected chi connectivity index (χ3v) is 4.13. The normalized spacial score (nSPS) is 16.8. The van der Waals surface area contributed by atoms with Gasteiger partial charge in [0.1, 0.15) is 0 Å². The molecule has 1 aromatic carbocycles. The summed E-state index contributed by atoms with van der Waals surface area (Å²) in [4.78, 5) is 13.6. The Morgan fingerprint density at radius 1 is 1.25 bits per heavy atom. The van der Waals surface area contributed by atoms with E-state index in [-0.39, 0.29) is 0 Å². The Labute approximate surface area is 122 Å². The van der Waals surface area contributed by atoms with Crippen LogP contribution in [0, 0.1) is 20.8 Å². The molecule has 0 aliphatic carbocycles. The minimum Gasteiger partial charge on any atom is -0.341 e. The molecule has 1 aromatic rings. The Morgan fingerprint density at radius 3 is 2.45 bits per heavy atom. The summed E-state index contributed by atoms with van der Waals surface area (Å²) in [6.45, 7) is 11.3. The zero-order chi connectivity index (χ0) is 14.7. The van der Waals surface area contributed by atoms with E-state index < -0.39 is 0 Å². The van der Waals surface area contributed by atoms with Gasteiger partial charge in [0, 0.05) is 32.1 Å². The number of nitrogens with zero attached hydrogens (tertiary/aromatic N) is 1. The van der Waals surface area contributed by atoms with Crippen LogP contribution in [0.15, 0.2) is 12.1 Å². The van der Waals surface area contributed by atoms with E-state index in [0.717, 1.165) is 32.5 Å². The Morgan fingerprint density at radius 2 is 1.90 bits per heavy atom. The maximum Gasteiger partial charge on any atom is 0.222 e. The second kappa shape index (κ2) is 6.40. The van der Waals surface area contributed by atoms with Crippen molar-refractivity contribution < 1.29 is 4.79 Å². The van der Waals surface area contributed by atoms with Crippen molar-refractivity contribution in [3.63, 3.8) is 0 Å². The first-order chi connectivity index (χ1) is 9.47. The van der Waals surface area contributed by atoms with Gasteiger partial charge in [-0.1, -0.05) is 17.7 Å². The van der Waals surface area contributed by atoms with Crippen molar-refractivity contribution in [1.82, 2.24) is 10.2 Å². The largest absolute Gasteiger partial charge is 0.341 e. The summed E-state index contributed by atoms with van der Waals surface area (Å²) in [6.07, 6.45) is 1.74. The van der Waals surface area contributed by atoms with E-state index in [1.165, 1.54) is 22.3 Å². The first-order valence-electron chi connectivity index (χ1n) is 7.55. The predicted molar refractivity (Wildman–Crippen MR) is 82.8 cm³/mol. The van der Waals surface area contributed by atoms with Gasteiger partial charge in [0.05, 0.1) is 0 Å². The number of likely N-dealkylation sites (tertiary alicyclic amines) is 1. The Hall–Kier alpha value is -1.35. The Bertz CT molecular complexity index is 473. The van der Waals surface area contributed by atoms with Crippen molar-refractivity contribution in [1.29, 1.82) is 0 Å². The van der Waals surface area contributed by atoms with Gasteiger partial charge in [-0.25, -0.2) is 0 Å². The molecule has 0 bridgehead atoms. The van der Waals surface area contributed by atoms with Crippen LogP contribution in [0.3, 0.4) is 0 Å². The summed E-state index contributed by atoms with van der Waals surface area (Å²) in [5.74, 6) is 0.307. The van der Waals surface area contributed by atoms with Gasteiger partial charge in [0.2, 0.25) is 5.91 Å². The SMILES string of the molecule is Cc1cc(C)c(CNC(C)CN2CCCC2=O)c(C)c1. The van der Waals surface area contributed by atoms with Gasteiger partial charge in [0.25, 0.3) is 0 Å². The average molecular weight is 274 g/mol. The van der Waals surface area contributed by atoms with E-state index in [1.54, 1.807) is 0 Å². The topological polar surface area (TPSA) is 32.3 Å². The highest BCUT2D eigenvalue weighted by atomic mass is 16.2. The van der Waals surface area contributed by atoms with Gasteiger partial charge in [0.15, 0.2) is 0 Å². The maximum atomic E-state index is 11.6. The van der Waals surface area contributed by atoms with Crippen LogP contribution in [-0.4, -0.2) is 29.9 Å². The number of aryl methyl sites for hydroxylation is 3. The van der Waals surface area contributed by atoms with Crippen LogP contribution in [0.2, 0.25) is 0 Å². The fourth-order valence-corrected chi connectivity index (χ4v) is 3.06. The van der Waals surface area contributed by atoms with Crippen molar-refractivity contribution in [2.24, 2.45) is 0 Å². The van der Waals surface area contributed by atoms with Crippen molar-refractivity contribution in [2.75, 3.05) is 13.1 Å². The monoisotopic (exact) mass is 274 g/mol. The number of hydrogen-bond acceptors (Lipinski definition) is 2. The first kappa shape index (κ1) is 15.0. The van der Waals surface area contributed by atoms with Gasteiger partial charge in [-0.2, -0.15) is 0 Å². The number of carbonyl (C=O) groups is 1. The van der Waals surface area contributed by atoms with Crippen LogP contribution in [0.1, 0.15) is 42.0 Å². The van der Waals surface area contributed by atoms with E-state index >= 15 is 0 Å². The van der Waals surface area contributed by atoms with Crippen molar-refractivity contribution >= 4 is 5.91 Å². The van der Waals surface area contributed by atoms with E-state index in [0.29, 0.717) is 11.9 Å². The fourth-order valence-electron chi connectivity index (χ4n) is 3.06. The van der Waals surface area contributed by atoms with Crippen molar-refractivity contribution in [3.8, 4) is 0 Å². The van der Waals surface area contributed by atoms with Gasteiger partial charge in [-0.05, 0) is 50.8 Å². The summed E-state index contributed by atoms with van der Waals surface area (Å²) in [5.41, 5.74) is 5.40. The maximum absolute atomic E-state index is 11.6. The number of nitrogens with one attached hydrogen (secondary N) is 1. The molecular weight excluding hydrogens is 248 g/mol. The quantitative estimate of drug-likeness (QED) is 0.895. The number of hydrogen-bond donors (Lipinski definition) is 1. The Kier molecular flexibility index (Phi) is 4.81. The zero-order valence-electron chi connectivity index (χ0n) is 13.1. The third kappa shape index (κ3) is 3.60. The van der Waals surface area contributed by atoms with Gasteiger partial charge in [-0.15, -0.1) is 0 Å². The highest BCUT2D eigenvalue weighted by Crippen LogP contribution is 2.16. The molecule has 1 amide bonds. The summed E-state index contributed by atoms with van der Waals surface area (Å²) in [5, 5.41) is 3.55. The summed E-state index contributed by atoms with van der Waals surface area (Å²) >= 11 is 0. The lowest BCUT2D eigenvalue weighted by atomic mass is 9.99. The van der Waals surface area contributed by atoms with Gasteiger partial charge < -0.3 is 10.2 Å². The zero-order valence-corrected chi connectivity index (χ0v) is 13.1. The molecule has 0 aromatic heterocycles. The van der Waals surface area contributed by atoms with Gasteiger partial charge >= 0.3 is 0 Å². The number of carbonyl (C=O) groups excluding carboxylic acids is 1. The van der Waals surface area contributed by atoms with Crippen LogP contribution >= 0.6 is 0 Å². The molecule has 2 rings (SSSR count). The van der Waals surface area contributed by atoms with Crippen molar-refractivity contribution in [3.05, 3.63) is 34.4 Å². The molecule has 0 saturated carbocycles. The van der Waals surface area contributed by atoms with E-state index in [1.807, 2.05) is 4.90 Å². The molecule has 110 valence electrons. The second-order valence-corrected chi connectivity index (χ2v) is 6.10. The standard InChI is InChI=1S/C17H26N2O/c1-12-8-13(2)16(14(3)9-12)10-18-15(4)11-19-7-5-6-17(19)20/h8-9,15,18H,5-7,10-11H2,1-4H3. The highest BCUT2D eigenvalue weighted by molar-refractivity contribution is 5.78. The first-order valence-corrected chi connectivity index (χ1v) is 7.55. The lowest BCUT2D eigenvalue weighted by molar-refractivity contribution is -0.127. The minimum absolute atomic E-state index is 0.307. The van der Waals surface area contributed by atoms with E-state index in [4.69, 9.17) is 0 Å². The molecule has 0 radical (unpaired) electrons. The molecule has 1 aliphatic rings. The van der Waals surface area contributed by atoms with Crippen molar-refractivity contribution in [2.45, 2.75) is 53.1 Å². The van der Waals surface area contributed by atoms with Crippen LogP contribution in [0.5, 0.6) is 0 Å². The molecule has 1 heterocycles. The van der Waals surface area contributed by atoms with Crippen LogP contribution < -0.4 is 5.32 Å². The molecule has 1 atom stereocenters. The van der Waals surface area contributed by atoms with E-state index in [9.17, 15) is 4.79 Å². The average Bonchev–Trinajstić information content (AvgIpc) is 2.73. The molecule has 1 N–H and O–H groups in total. The van der Waals surface area contributed by atoms with E-state index in [2.05, 4.69) is 45.1 Å². The lowest BCUT2D eigenvalue weighted by Gasteiger charge is -2.22. The highest BCUT2D eigenvalue weighted by Gasteiger charge is 2.21. The number of amides is 1. The molecular formula is C17H26N2O. The third-order valence-electron chi connectivity index (χ3n) is 4.13. The van der Waals surface area contributed by atoms with Crippen LogP contribution in [0.4, 0.5) is 0 Å². The summed E-state index contributed by atoms with van der Waals surface area (Å²) < 4.78 is 0. The van der Waals surface area contributed by atoms with Gasteiger partial charge in [-0.3, -0.25) is 4.79 Å². The van der Waals surface area contributed by atoms with Crippen LogP contribution in [0.25, 0.3) is 0 Å². The summed E-state index contributed by atoms with van der Waals surface area (Å²) in [7, 11) is 0. The molecule has 1 aliphatic heterocycles. The predicted octanol–water partition coefficient (Wildman–Crippen LogP) is 2.71. The summed E-state index contributed by atoms with van der Waals surface area (Å²) in [6, 6.07) is 4.80. The number of rotatable bonds is 5. The Balaban J connectivity index is 1.90. The molecule has 0 spiro atoms. The lowest BCUT2D eigenvalue weighted by Crippen LogP contribution is -2.39. The fraction of sp³-hybridized carbons (Fsp3) is 0.588. The number of benzene rings is 1. The minimum atomic E-state index is 0.307. The molecule has 3 heteroatoms. The second-order valence-electron chi connectivity index (χ2n) is 6.10. The molecule has 3 nitrogen and oxygen atoms in total. The molecule has 1 saturated heterocycles. The molecule has 20 heavy (non-hydrogen) atoms. The smallest absolute Gasteiger partial charge is 0.222 e. The van der Waals surface area contributed by atoms with Crippen LogP contribution in [-0.2, 0) is 11.3 Å². The molecule has 1 unspecified atom stereocenters. The molecule has 1 fully saturated rings.